The number of unbranched alkanes of at least 4 members (excludes halogenated alkanes) is 1. The van der Waals surface area contributed by atoms with Gasteiger partial charge in [0.1, 0.15) is 6.61 Å². The van der Waals surface area contributed by atoms with Crippen LogP contribution in [0.3, 0.4) is 0 Å². The molecule has 1 saturated heterocycles. The number of esters is 1. The highest BCUT2D eigenvalue weighted by molar-refractivity contribution is 5.94. The van der Waals surface area contributed by atoms with Crippen LogP contribution in [-0.4, -0.2) is 59.1 Å². The van der Waals surface area contributed by atoms with Crippen molar-refractivity contribution in [1.29, 1.82) is 0 Å². The molecule has 1 aliphatic rings. The second-order valence-electron chi connectivity index (χ2n) is 8.21. The molecule has 1 unspecified atom stereocenters. The van der Waals surface area contributed by atoms with E-state index in [4.69, 9.17) is 16.2 Å². The standard InChI is InChI=1S/C24H35N3O5/c1-2-17-32-22(29)19(13-12-18-9-4-3-5-10-18)24(23(30)31)14-8-16-27(24)21(28)20(26)11-6-7-15-25/h2-5,9-10,19-20H,1,6-8,11-17,25-26H2,(H,30,31)/t19?,20-,24+/m0/s1. The van der Waals surface area contributed by atoms with Crippen LogP contribution in [0.25, 0.3) is 0 Å². The molecule has 8 nitrogen and oxygen atoms in total. The molecule has 1 amide bonds. The molecule has 0 aromatic heterocycles. The zero-order valence-electron chi connectivity index (χ0n) is 18.6. The Morgan fingerprint density at radius 1 is 1.22 bits per heavy atom. The van der Waals surface area contributed by atoms with Crippen molar-refractivity contribution in [3.05, 3.63) is 48.6 Å². The van der Waals surface area contributed by atoms with Crippen LogP contribution >= 0.6 is 0 Å². The van der Waals surface area contributed by atoms with Crippen LogP contribution in [-0.2, 0) is 25.5 Å². The Balaban J connectivity index is 2.34. The number of hydrogen-bond donors (Lipinski definition) is 3. The number of hydrogen-bond acceptors (Lipinski definition) is 6. The van der Waals surface area contributed by atoms with Crippen LogP contribution in [0.5, 0.6) is 0 Å². The third-order valence-electron chi connectivity index (χ3n) is 6.11. The van der Waals surface area contributed by atoms with Gasteiger partial charge in [0.15, 0.2) is 5.54 Å². The number of carboxylic acid groups (broad SMARTS) is 1. The number of benzene rings is 1. The van der Waals surface area contributed by atoms with E-state index in [9.17, 15) is 19.5 Å². The molecule has 1 aromatic rings. The molecule has 0 spiro atoms. The van der Waals surface area contributed by atoms with Crippen LogP contribution in [0.15, 0.2) is 43.0 Å². The number of ether oxygens (including phenoxy) is 1. The van der Waals surface area contributed by atoms with Gasteiger partial charge in [-0.25, -0.2) is 4.79 Å². The minimum atomic E-state index is -1.68. The van der Waals surface area contributed by atoms with Gasteiger partial charge < -0.3 is 26.2 Å². The van der Waals surface area contributed by atoms with E-state index in [1.165, 1.54) is 11.0 Å². The molecular formula is C24H35N3O5. The predicted molar refractivity (Wildman–Crippen MR) is 122 cm³/mol. The quantitative estimate of drug-likeness (QED) is 0.239. The molecule has 8 heteroatoms. The first-order valence-electron chi connectivity index (χ1n) is 11.2. The Bertz CT molecular complexity index is 785. The van der Waals surface area contributed by atoms with Gasteiger partial charge in [-0.2, -0.15) is 0 Å². The normalized spacial score (nSPS) is 19.9. The fourth-order valence-corrected chi connectivity index (χ4v) is 4.46. The fraction of sp³-hybridized carbons (Fsp3) is 0.542. The van der Waals surface area contributed by atoms with Crippen molar-refractivity contribution in [2.75, 3.05) is 19.7 Å². The van der Waals surface area contributed by atoms with Crippen LogP contribution in [0.1, 0.15) is 44.1 Å². The van der Waals surface area contributed by atoms with E-state index in [1.54, 1.807) is 0 Å². The van der Waals surface area contributed by atoms with E-state index >= 15 is 0 Å². The first-order valence-corrected chi connectivity index (χ1v) is 11.2. The molecule has 2 rings (SSSR count). The van der Waals surface area contributed by atoms with E-state index < -0.39 is 35.3 Å². The van der Waals surface area contributed by atoms with Crippen molar-refractivity contribution in [2.45, 2.75) is 56.5 Å². The molecule has 0 aliphatic carbocycles. The maximum absolute atomic E-state index is 13.2. The number of likely N-dealkylation sites (tertiary alicyclic amines) is 1. The Morgan fingerprint density at radius 3 is 2.56 bits per heavy atom. The molecule has 1 aromatic carbocycles. The molecule has 0 radical (unpaired) electrons. The third kappa shape index (κ3) is 5.95. The largest absolute Gasteiger partial charge is 0.479 e. The minimum absolute atomic E-state index is 0.0249. The Kier molecular flexibility index (Phi) is 9.87. The highest BCUT2D eigenvalue weighted by Gasteiger charge is 2.58. The molecule has 3 atom stereocenters. The van der Waals surface area contributed by atoms with Crippen LogP contribution in [0, 0.1) is 5.92 Å². The number of aliphatic carboxylic acids is 1. The third-order valence-corrected chi connectivity index (χ3v) is 6.11. The summed E-state index contributed by atoms with van der Waals surface area (Å²) < 4.78 is 5.29. The summed E-state index contributed by atoms with van der Waals surface area (Å²) in [6, 6.07) is 8.67. The van der Waals surface area contributed by atoms with E-state index in [2.05, 4.69) is 6.58 Å². The maximum atomic E-state index is 13.2. The number of carboxylic acids is 1. The zero-order valence-corrected chi connectivity index (χ0v) is 18.6. The lowest BCUT2D eigenvalue weighted by molar-refractivity contribution is -0.170. The average molecular weight is 446 g/mol. The van der Waals surface area contributed by atoms with E-state index in [-0.39, 0.29) is 26.0 Å². The van der Waals surface area contributed by atoms with E-state index in [1.807, 2.05) is 30.3 Å². The van der Waals surface area contributed by atoms with Gasteiger partial charge >= 0.3 is 11.9 Å². The minimum Gasteiger partial charge on any atom is -0.479 e. The zero-order chi connectivity index (χ0) is 23.6. The SMILES string of the molecule is C=CCOC(=O)C(CCc1ccccc1)[C@@]1(C(=O)O)CCCN1C(=O)[C@@H](N)CCCCN. The predicted octanol–water partition coefficient (Wildman–Crippen LogP) is 1.87. The topological polar surface area (TPSA) is 136 Å². The molecule has 0 saturated carbocycles. The maximum Gasteiger partial charge on any atom is 0.330 e. The summed E-state index contributed by atoms with van der Waals surface area (Å²) in [5, 5.41) is 10.3. The number of amides is 1. The van der Waals surface area contributed by atoms with Crippen LogP contribution in [0.4, 0.5) is 0 Å². The van der Waals surface area contributed by atoms with Crippen molar-refractivity contribution in [2.24, 2.45) is 17.4 Å². The summed E-state index contributed by atoms with van der Waals surface area (Å²) in [5.41, 5.74) is 10.9. The summed E-state index contributed by atoms with van der Waals surface area (Å²) in [7, 11) is 0. The first-order chi connectivity index (χ1) is 15.4. The van der Waals surface area contributed by atoms with Gasteiger partial charge in [-0.1, -0.05) is 49.4 Å². The van der Waals surface area contributed by atoms with E-state index in [0.29, 0.717) is 32.2 Å². The lowest BCUT2D eigenvalue weighted by atomic mass is 9.77. The molecule has 0 bridgehead atoms. The van der Waals surface area contributed by atoms with Crippen molar-refractivity contribution < 1.29 is 24.2 Å². The Morgan fingerprint density at radius 2 is 1.94 bits per heavy atom. The summed E-state index contributed by atoms with van der Waals surface area (Å²) in [6.45, 7) is 4.27. The number of aryl methyl sites for hydroxylation is 1. The molecular weight excluding hydrogens is 410 g/mol. The van der Waals surface area contributed by atoms with Gasteiger partial charge in [-0.15, -0.1) is 0 Å². The number of nitrogens with zero attached hydrogens (tertiary/aromatic N) is 1. The van der Waals surface area contributed by atoms with Gasteiger partial charge in [0.05, 0.1) is 12.0 Å². The van der Waals surface area contributed by atoms with Gasteiger partial charge in [0, 0.05) is 6.54 Å². The molecule has 32 heavy (non-hydrogen) atoms. The van der Waals surface area contributed by atoms with Gasteiger partial charge in [-0.3, -0.25) is 9.59 Å². The highest BCUT2D eigenvalue weighted by Crippen LogP contribution is 2.40. The number of nitrogens with two attached hydrogens (primary N) is 2. The number of carbonyl (C=O) groups is 3. The van der Waals surface area contributed by atoms with Crippen molar-refractivity contribution >= 4 is 17.8 Å². The van der Waals surface area contributed by atoms with Gasteiger partial charge in [-0.05, 0) is 50.6 Å². The van der Waals surface area contributed by atoms with Crippen LogP contribution in [0.2, 0.25) is 0 Å². The molecule has 1 fully saturated rings. The molecule has 5 N–H and O–H groups in total. The first kappa shape index (κ1) is 25.5. The highest BCUT2D eigenvalue weighted by atomic mass is 16.5. The van der Waals surface area contributed by atoms with Crippen molar-refractivity contribution in [3.63, 3.8) is 0 Å². The van der Waals surface area contributed by atoms with Crippen molar-refractivity contribution in [1.82, 2.24) is 4.90 Å². The van der Waals surface area contributed by atoms with E-state index in [0.717, 1.165) is 12.0 Å². The fourth-order valence-electron chi connectivity index (χ4n) is 4.46. The van der Waals surface area contributed by atoms with Gasteiger partial charge in [0.25, 0.3) is 0 Å². The Hall–Kier alpha value is -2.71. The summed E-state index contributed by atoms with van der Waals surface area (Å²) >= 11 is 0. The summed E-state index contributed by atoms with van der Waals surface area (Å²) in [5.74, 6) is -3.31. The molecule has 1 aliphatic heterocycles. The second kappa shape index (κ2) is 12.4. The lowest BCUT2D eigenvalue weighted by Gasteiger charge is -2.40. The Labute approximate surface area is 189 Å². The summed E-state index contributed by atoms with van der Waals surface area (Å²) in [6.07, 6.45) is 4.63. The lowest BCUT2D eigenvalue weighted by Crippen LogP contribution is -2.62. The number of rotatable bonds is 13. The molecule has 1 heterocycles. The number of carbonyl (C=O) groups excluding carboxylic acids is 2. The van der Waals surface area contributed by atoms with Crippen LogP contribution < -0.4 is 11.5 Å². The van der Waals surface area contributed by atoms with Gasteiger partial charge in [0.2, 0.25) is 5.91 Å². The smallest absolute Gasteiger partial charge is 0.330 e. The summed E-state index contributed by atoms with van der Waals surface area (Å²) in [4.78, 5) is 40.3. The van der Waals surface area contributed by atoms with Crippen molar-refractivity contribution in [3.8, 4) is 0 Å². The average Bonchev–Trinajstić information content (AvgIpc) is 3.24. The second-order valence-corrected chi connectivity index (χ2v) is 8.21. The monoisotopic (exact) mass is 445 g/mol. The molecule has 176 valence electrons.